The zero-order valence-electron chi connectivity index (χ0n) is 18.0. The number of fused-ring (bicyclic) bond motifs is 2. The van der Waals surface area contributed by atoms with Crippen LogP contribution >= 0.6 is 0 Å². The van der Waals surface area contributed by atoms with Crippen LogP contribution in [-0.4, -0.2) is 67.7 Å². The summed E-state index contributed by atoms with van der Waals surface area (Å²) in [7, 11) is 1.78. The highest BCUT2D eigenvalue weighted by atomic mass is 19.1. The van der Waals surface area contributed by atoms with Gasteiger partial charge in [-0.3, -0.25) is 4.79 Å². The predicted octanol–water partition coefficient (Wildman–Crippen LogP) is 2.37. The minimum Gasteiger partial charge on any atom is -0.381 e. The molecule has 2 N–H and O–H groups in total. The fraction of sp³-hybridized carbons (Fsp3) is 0.409. The summed E-state index contributed by atoms with van der Waals surface area (Å²) in [4.78, 5) is 22.1. The SMILES string of the molecule is CNc1cc(-c2nn(C3CCOCC3)c3ncccc23)nc2c(C(=O)NC3C[C@H]3F)cnn12. The lowest BCUT2D eigenvalue weighted by Gasteiger charge is -2.22. The van der Waals surface area contributed by atoms with Crippen LogP contribution in [0.15, 0.2) is 30.6 Å². The van der Waals surface area contributed by atoms with Gasteiger partial charge in [-0.15, -0.1) is 0 Å². The van der Waals surface area contributed by atoms with Crippen LogP contribution in [0.25, 0.3) is 28.1 Å². The molecule has 170 valence electrons. The number of halogens is 1. The first kappa shape index (κ1) is 20.0. The van der Waals surface area contributed by atoms with E-state index in [0.717, 1.165) is 23.9 Å². The van der Waals surface area contributed by atoms with Crippen molar-refractivity contribution in [1.29, 1.82) is 0 Å². The number of ether oxygens (including phenoxy) is 1. The van der Waals surface area contributed by atoms with E-state index >= 15 is 0 Å². The van der Waals surface area contributed by atoms with Crippen molar-refractivity contribution >= 4 is 28.4 Å². The fourth-order valence-corrected chi connectivity index (χ4v) is 4.33. The highest BCUT2D eigenvalue weighted by Crippen LogP contribution is 2.32. The number of hydrogen-bond acceptors (Lipinski definition) is 7. The van der Waals surface area contributed by atoms with E-state index in [0.29, 0.717) is 48.1 Å². The van der Waals surface area contributed by atoms with Crippen molar-refractivity contribution in [1.82, 2.24) is 34.7 Å². The molecule has 1 amide bonds. The molecule has 0 spiro atoms. The number of hydrogen-bond donors (Lipinski definition) is 2. The van der Waals surface area contributed by atoms with E-state index < -0.39 is 12.2 Å². The number of amides is 1. The van der Waals surface area contributed by atoms with E-state index in [2.05, 4.69) is 20.7 Å². The average Bonchev–Trinajstić information content (AvgIpc) is 3.24. The maximum absolute atomic E-state index is 13.3. The molecule has 6 rings (SSSR count). The summed E-state index contributed by atoms with van der Waals surface area (Å²) in [5, 5.41) is 15.9. The molecule has 2 aliphatic rings. The Balaban J connectivity index is 1.48. The van der Waals surface area contributed by atoms with Gasteiger partial charge < -0.3 is 15.4 Å². The first-order valence-electron chi connectivity index (χ1n) is 11.1. The third-order valence-corrected chi connectivity index (χ3v) is 6.25. The van der Waals surface area contributed by atoms with Crippen molar-refractivity contribution in [2.45, 2.75) is 37.5 Å². The minimum atomic E-state index is -0.986. The van der Waals surface area contributed by atoms with Crippen molar-refractivity contribution in [2.24, 2.45) is 0 Å². The molecule has 0 aromatic carbocycles. The van der Waals surface area contributed by atoms with Crippen molar-refractivity contribution in [3.63, 3.8) is 0 Å². The van der Waals surface area contributed by atoms with E-state index in [1.165, 1.54) is 6.20 Å². The number of carbonyl (C=O) groups excluding carboxylic acids is 1. The van der Waals surface area contributed by atoms with Gasteiger partial charge in [0.05, 0.1) is 24.0 Å². The van der Waals surface area contributed by atoms with Gasteiger partial charge in [0.1, 0.15) is 23.2 Å². The van der Waals surface area contributed by atoms with Gasteiger partial charge in [-0.2, -0.15) is 14.7 Å². The number of pyridine rings is 1. The largest absolute Gasteiger partial charge is 0.381 e. The molecule has 5 heterocycles. The molecule has 1 aliphatic heterocycles. The van der Waals surface area contributed by atoms with E-state index in [4.69, 9.17) is 14.8 Å². The maximum atomic E-state index is 13.3. The molecule has 4 aromatic rings. The standard InChI is InChI=1S/C22H23FN8O2/c1-24-18-10-17(27-21-14(11-26-31(18)21)22(32)28-16-9-15(16)23)19-13-3-2-6-25-20(13)30(29-19)12-4-7-33-8-5-12/h2-3,6,10-12,15-16,24H,4-5,7-9H2,1H3,(H,28,32)/t15-,16?/m1/s1. The van der Waals surface area contributed by atoms with Gasteiger partial charge in [-0.1, -0.05) is 0 Å². The zero-order chi connectivity index (χ0) is 22.5. The van der Waals surface area contributed by atoms with E-state index in [1.807, 2.05) is 22.9 Å². The summed E-state index contributed by atoms with van der Waals surface area (Å²) in [5.74, 6) is 0.266. The number of nitrogens with zero attached hydrogens (tertiary/aromatic N) is 6. The number of aromatic nitrogens is 6. The van der Waals surface area contributed by atoms with Crippen LogP contribution in [0.5, 0.6) is 0 Å². The molecule has 1 aliphatic carbocycles. The van der Waals surface area contributed by atoms with Crippen LogP contribution in [0.4, 0.5) is 10.2 Å². The molecule has 2 atom stereocenters. The Morgan fingerprint density at radius 1 is 1.27 bits per heavy atom. The molecule has 33 heavy (non-hydrogen) atoms. The van der Waals surface area contributed by atoms with Gasteiger partial charge in [-0.05, 0) is 25.0 Å². The monoisotopic (exact) mass is 450 g/mol. The van der Waals surface area contributed by atoms with Gasteiger partial charge in [0, 0.05) is 44.3 Å². The molecule has 1 unspecified atom stereocenters. The van der Waals surface area contributed by atoms with Crippen LogP contribution in [0.2, 0.25) is 0 Å². The van der Waals surface area contributed by atoms with E-state index in [-0.39, 0.29) is 11.9 Å². The number of anilines is 1. The third kappa shape index (κ3) is 3.39. The van der Waals surface area contributed by atoms with Crippen molar-refractivity contribution in [3.05, 3.63) is 36.2 Å². The predicted molar refractivity (Wildman–Crippen MR) is 119 cm³/mol. The Morgan fingerprint density at radius 3 is 2.85 bits per heavy atom. The Bertz CT molecular complexity index is 1360. The summed E-state index contributed by atoms with van der Waals surface area (Å²) in [6.07, 6.45) is 4.30. The van der Waals surface area contributed by atoms with Gasteiger partial charge >= 0.3 is 0 Å². The molecule has 4 aromatic heterocycles. The van der Waals surface area contributed by atoms with Crippen LogP contribution in [-0.2, 0) is 4.74 Å². The lowest BCUT2D eigenvalue weighted by Crippen LogP contribution is -2.27. The van der Waals surface area contributed by atoms with Gasteiger partial charge in [0.25, 0.3) is 5.91 Å². The number of alkyl halides is 1. The summed E-state index contributed by atoms with van der Waals surface area (Å²) in [6, 6.07) is 5.46. The number of rotatable bonds is 5. The van der Waals surface area contributed by atoms with Crippen LogP contribution in [0.3, 0.4) is 0 Å². The number of carbonyl (C=O) groups is 1. The van der Waals surface area contributed by atoms with Crippen LogP contribution in [0.1, 0.15) is 35.7 Å². The second-order valence-corrected chi connectivity index (χ2v) is 8.41. The lowest BCUT2D eigenvalue weighted by molar-refractivity contribution is 0.0674. The van der Waals surface area contributed by atoms with Gasteiger partial charge in [0.2, 0.25) is 0 Å². The van der Waals surface area contributed by atoms with Crippen molar-refractivity contribution in [2.75, 3.05) is 25.6 Å². The quantitative estimate of drug-likeness (QED) is 0.480. The van der Waals surface area contributed by atoms with Crippen LogP contribution in [0, 0.1) is 0 Å². The summed E-state index contributed by atoms with van der Waals surface area (Å²) in [6.45, 7) is 1.38. The molecule has 11 heteroatoms. The second-order valence-electron chi connectivity index (χ2n) is 8.41. The molecule has 2 fully saturated rings. The van der Waals surface area contributed by atoms with Gasteiger partial charge in [0.15, 0.2) is 11.3 Å². The first-order chi connectivity index (χ1) is 16.1. The topological polar surface area (TPSA) is 111 Å². The first-order valence-corrected chi connectivity index (χ1v) is 11.1. The highest BCUT2D eigenvalue weighted by molar-refractivity contribution is 6.01. The van der Waals surface area contributed by atoms with Crippen molar-refractivity contribution < 1.29 is 13.9 Å². The molecule has 0 bridgehead atoms. The molecular weight excluding hydrogens is 427 g/mol. The highest BCUT2D eigenvalue weighted by Gasteiger charge is 2.39. The average molecular weight is 450 g/mol. The zero-order valence-corrected chi connectivity index (χ0v) is 18.0. The second kappa shape index (κ2) is 7.77. The molecule has 1 saturated carbocycles. The normalized spacial score (nSPS) is 20.9. The Labute approximate surface area is 188 Å². The molecular formula is C22H23FN8O2. The van der Waals surface area contributed by atoms with Gasteiger partial charge in [-0.25, -0.2) is 19.0 Å². The van der Waals surface area contributed by atoms with Crippen molar-refractivity contribution in [3.8, 4) is 11.4 Å². The minimum absolute atomic E-state index is 0.195. The smallest absolute Gasteiger partial charge is 0.257 e. The summed E-state index contributed by atoms with van der Waals surface area (Å²) >= 11 is 0. The number of nitrogens with one attached hydrogen (secondary N) is 2. The van der Waals surface area contributed by atoms with E-state index in [1.54, 1.807) is 17.8 Å². The maximum Gasteiger partial charge on any atom is 0.257 e. The Morgan fingerprint density at radius 2 is 2.09 bits per heavy atom. The fourth-order valence-electron chi connectivity index (χ4n) is 4.33. The lowest BCUT2D eigenvalue weighted by atomic mass is 10.1. The van der Waals surface area contributed by atoms with E-state index in [9.17, 15) is 9.18 Å². The molecule has 10 nitrogen and oxygen atoms in total. The van der Waals surface area contributed by atoms with Crippen LogP contribution < -0.4 is 10.6 Å². The molecule has 0 radical (unpaired) electrons. The third-order valence-electron chi connectivity index (χ3n) is 6.25. The summed E-state index contributed by atoms with van der Waals surface area (Å²) in [5.41, 5.74) is 2.74. The molecule has 1 saturated heterocycles. The Hall–Kier alpha value is -3.60. The Kier molecular flexibility index (Phi) is 4.72. The summed E-state index contributed by atoms with van der Waals surface area (Å²) < 4.78 is 22.4.